The summed E-state index contributed by atoms with van der Waals surface area (Å²) in [6, 6.07) is 40.9. The number of allylic oxidation sites excluding steroid dienone is 1. The highest BCUT2D eigenvalue weighted by atomic mass is 14.2. The molecule has 0 bridgehead atoms. The first kappa shape index (κ1) is 27.7. The third-order valence-electron chi connectivity index (χ3n) is 8.62. The maximum absolute atomic E-state index is 2.44. The minimum absolute atomic E-state index is 1.09. The standard InChI is InChI=1S/C40H34.C2H6/c1-3-13-28-14-4-7-18-32(28)38-26-30(25-24-27(38)2)39-34-19-8-10-21-36(34)40(37-22-11-9-20-35(37)39)33-23-12-16-29-15-5-6-17-31(29)33;1-2/h4-5,7-12,14-16,18-26H,3,6,13,17H2,1-2H3;1-2H3. The quantitative estimate of drug-likeness (QED) is 0.189. The molecular formula is C42H40. The van der Waals surface area contributed by atoms with E-state index in [-0.39, 0.29) is 0 Å². The second-order valence-electron chi connectivity index (χ2n) is 11.1. The molecule has 0 unspecified atom stereocenters. The van der Waals surface area contributed by atoms with E-state index in [1.54, 1.807) is 0 Å². The van der Waals surface area contributed by atoms with E-state index in [2.05, 4.69) is 135 Å². The van der Waals surface area contributed by atoms with E-state index in [1.807, 2.05) is 13.8 Å². The fourth-order valence-corrected chi connectivity index (χ4v) is 6.78. The van der Waals surface area contributed by atoms with E-state index in [4.69, 9.17) is 0 Å². The Bertz CT molecular complexity index is 1860. The van der Waals surface area contributed by atoms with Crippen LogP contribution in [0.2, 0.25) is 0 Å². The maximum atomic E-state index is 2.44. The lowest BCUT2D eigenvalue weighted by molar-refractivity contribution is 0.923. The van der Waals surface area contributed by atoms with Crippen LogP contribution >= 0.6 is 0 Å². The molecule has 0 spiro atoms. The average molecular weight is 545 g/mol. The molecule has 6 aromatic rings. The topological polar surface area (TPSA) is 0 Å². The Morgan fingerprint density at radius 2 is 1.21 bits per heavy atom. The molecule has 0 heterocycles. The Labute approximate surface area is 251 Å². The van der Waals surface area contributed by atoms with Crippen LogP contribution in [0.25, 0.3) is 61.0 Å². The lowest BCUT2D eigenvalue weighted by atomic mass is 9.82. The van der Waals surface area contributed by atoms with Crippen molar-refractivity contribution in [2.45, 2.75) is 53.4 Å². The summed E-state index contributed by atoms with van der Waals surface area (Å²) in [6.45, 7) is 8.51. The molecule has 0 atom stereocenters. The summed E-state index contributed by atoms with van der Waals surface area (Å²) in [7, 11) is 0. The van der Waals surface area contributed by atoms with Gasteiger partial charge in [0.25, 0.3) is 0 Å². The molecule has 0 amide bonds. The van der Waals surface area contributed by atoms with Gasteiger partial charge in [0.05, 0.1) is 0 Å². The van der Waals surface area contributed by atoms with Crippen molar-refractivity contribution in [2.75, 3.05) is 0 Å². The van der Waals surface area contributed by atoms with Gasteiger partial charge in [0.1, 0.15) is 0 Å². The maximum Gasteiger partial charge on any atom is -0.00234 e. The number of benzene rings is 6. The first-order valence-electron chi connectivity index (χ1n) is 15.7. The van der Waals surface area contributed by atoms with Gasteiger partial charge in [-0.25, -0.2) is 0 Å². The number of aryl methyl sites for hydroxylation is 2. The van der Waals surface area contributed by atoms with Gasteiger partial charge in [-0.2, -0.15) is 0 Å². The fourth-order valence-electron chi connectivity index (χ4n) is 6.78. The van der Waals surface area contributed by atoms with Crippen molar-refractivity contribution in [3.8, 4) is 33.4 Å². The summed E-state index contributed by atoms with van der Waals surface area (Å²) in [5, 5.41) is 5.29. The van der Waals surface area contributed by atoms with Gasteiger partial charge in [0.2, 0.25) is 0 Å². The molecule has 1 aliphatic rings. The van der Waals surface area contributed by atoms with Crippen molar-refractivity contribution < 1.29 is 0 Å². The summed E-state index contributed by atoms with van der Waals surface area (Å²) < 4.78 is 0. The summed E-state index contributed by atoms with van der Waals surface area (Å²) in [6.07, 6.45) is 9.03. The molecule has 0 saturated carbocycles. The minimum Gasteiger partial charge on any atom is -0.0836 e. The van der Waals surface area contributed by atoms with Crippen molar-refractivity contribution in [1.82, 2.24) is 0 Å². The molecule has 0 aliphatic heterocycles. The monoisotopic (exact) mass is 544 g/mol. The van der Waals surface area contributed by atoms with Gasteiger partial charge < -0.3 is 0 Å². The average Bonchev–Trinajstić information content (AvgIpc) is 3.05. The summed E-state index contributed by atoms with van der Waals surface area (Å²) in [5.41, 5.74) is 13.6. The van der Waals surface area contributed by atoms with Crippen LogP contribution in [0.15, 0.2) is 115 Å². The zero-order valence-electron chi connectivity index (χ0n) is 25.4. The van der Waals surface area contributed by atoms with Crippen LogP contribution in [0.3, 0.4) is 0 Å². The third-order valence-corrected chi connectivity index (χ3v) is 8.62. The van der Waals surface area contributed by atoms with Gasteiger partial charge in [-0.3, -0.25) is 0 Å². The molecule has 0 fully saturated rings. The van der Waals surface area contributed by atoms with Gasteiger partial charge in [0.15, 0.2) is 0 Å². The van der Waals surface area contributed by atoms with Crippen LogP contribution in [0.1, 0.15) is 55.9 Å². The van der Waals surface area contributed by atoms with Crippen LogP contribution in [0.4, 0.5) is 0 Å². The van der Waals surface area contributed by atoms with Crippen LogP contribution in [-0.4, -0.2) is 0 Å². The second-order valence-corrected chi connectivity index (χ2v) is 11.1. The van der Waals surface area contributed by atoms with E-state index in [1.165, 1.54) is 77.2 Å². The zero-order chi connectivity index (χ0) is 29.1. The molecule has 0 N–H and O–H groups in total. The highest BCUT2D eigenvalue weighted by molar-refractivity contribution is 6.21. The van der Waals surface area contributed by atoms with Crippen molar-refractivity contribution in [3.05, 3.63) is 138 Å². The molecule has 208 valence electrons. The summed E-state index contributed by atoms with van der Waals surface area (Å²) in [4.78, 5) is 0. The van der Waals surface area contributed by atoms with E-state index in [0.717, 1.165) is 25.7 Å². The van der Waals surface area contributed by atoms with E-state index in [9.17, 15) is 0 Å². The summed E-state index contributed by atoms with van der Waals surface area (Å²) >= 11 is 0. The minimum atomic E-state index is 1.09. The number of hydrogen-bond donors (Lipinski definition) is 0. The fraction of sp³-hybridized carbons (Fsp3) is 0.190. The molecule has 0 heteroatoms. The van der Waals surface area contributed by atoms with Crippen molar-refractivity contribution in [1.29, 1.82) is 0 Å². The SMILES string of the molecule is CC.CCCc1ccccc1-c1cc(-c2c3ccccc3c(-c3cccc4c3CCC=C4)c3ccccc23)ccc1C. The normalized spacial score (nSPS) is 12.2. The molecule has 1 aliphatic carbocycles. The largest absolute Gasteiger partial charge is 0.0836 e. The first-order chi connectivity index (χ1) is 20.7. The van der Waals surface area contributed by atoms with Crippen molar-refractivity contribution in [3.63, 3.8) is 0 Å². The predicted octanol–water partition coefficient (Wildman–Crippen LogP) is 12.2. The molecular weight excluding hydrogens is 504 g/mol. The van der Waals surface area contributed by atoms with Gasteiger partial charge in [-0.15, -0.1) is 0 Å². The van der Waals surface area contributed by atoms with E-state index in [0.29, 0.717) is 0 Å². The third kappa shape index (κ3) is 4.86. The molecule has 7 rings (SSSR count). The predicted molar refractivity (Wildman–Crippen MR) is 185 cm³/mol. The Balaban J connectivity index is 0.00000155. The lowest BCUT2D eigenvalue weighted by Crippen LogP contribution is -1.99. The molecule has 42 heavy (non-hydrogen) atoms. The number of rotatable bonds is 5. The Morgan fingerprint density at radius 1 is 0.595 bits per heavy atom. The molecule has 6 aromatic carbocycles. The number of hydrogen-bond acceptors (Lipinski definition) is 0. The van der Waals surface area contributed by atoms with Crippen LogP contribution in [0.5, 0.6) is 0 Å². The molecule has 0 aromatic heterocycles. The van der Waals surface area contributed by atoms with Crippen LogP contribution in [-0.2, 0) is 12.8 Å². The van der Waals surface area contributed by atoms with Crippen LogP contribution in [0, 0.1) is 6.92 Å². The smallest absolute Gasteiger partial charge is 0.00234 e. The van der Waals surface area contributed by atoms with Gasteiger partial charge >= 0.3 is 0 Å². The van der Waals surface area contributed by atoms with Gasteiger partial charge in [0, 0.05) is 0 Å². The first-order valence-corrected chi connectivity index (χ1v) is 15.7. The molecule has 0 saturated heterocycles. The van der Waals surface area contributed by atoms with E-state index < -0.39 is 0 Å². The Kier molecular flexibility index (Phi) is 8.06. The van der Waals surface area contributed by atoms with Gasteiger partial charge in [-0.1, -0.05) is 142 Å². The molecule has 0 radical (unpaired) electrons. The highest BCUT2D eigenvalue weighted by Gasteiger charge is 2.20. The Hall–Kier alpha value is -4.42. The van der Waals surface area contributed by atoms with E-state index >= 15 is 0 Å². The lowest BCUT2D eigenvalue weighted by Gasteiger charge is -2.22. The van der Waals surface area contributed by atoms with Crippen LogP contribution < -0.4 is 0 Å². The second kappa shape index (κ2) is 12.2. The zero-order valence-corrected chi connectivity index (χ0v) is 25.4. The summed E-state index contributed by atoms with van der Waals surface area (Å²) in [5.74, 6) is 0. The van der Waals surface area contributed by atoms with Gasteiger partial charge in [-0.05, 0) is 109 Å². The molecule has 0 nitrogen and oxygen atoms in total. The Morgan fingerprint density at radius 3 is 1.90 bits per heavy atom. The highest BCUT2D eigenvalue weighted by Crippen LogP contribution is 2.46. The number of fused-ring (bicyclic) bond motifs is 3. The van der Waals surface area contributed by atoms with Crippen molar-refractivity contribution in [2.24, 2.45) is 0 Å². The van der Waals surface area contributed by atoms with Crippen molar-refractivity contribution >= 4 is 27.6 Å².